The van der Waals surface area contributed by atoms with E-state index < -0.39 is 0 Å². The number of hydrogen-bond donors (Lipinski definition) is 0. The minimum Gasteiger partial charge on any atom is -0.494 e. The first-order valence-electron chi connectivity index (χ1n) is 12.6. The van der Waals surface area contributed by atoms with Gasteiger partial charge in [0, 0.05) is 15.6 Å². The number of fused-ring (bicyclic) bond motifs is 1. The average Bonchev–Trinajstić information content (AvgIpc) is 2.91. The molecule has 7 nitrogen and oxygen atoms in total. The van der Waals surface area contributed by atoms with Gasteiger partial charge in [0.2, 0.25) is 0 Å². The van der Waals surface area contributed by atoms with Crippen molar-refractivity contribution in [3.63, 3.8) is 0 Å². The molecule has 0 bridgehead atoms. The van der Waals surface area contributed by atoms with Crippen molar-refractivity contribution in [3.8, 4) is 41.0 Å². The van der Waals surface area contributed by atoms with E-state index in [-0.39, 0.29) is 18.1 Å². The monoisotopic (exact) mass is 587 g/mol. The molecule has 39 heavy (non-hydrogen) atoms. The van der Waals surface area contributed by atoms with Gasteiger partial charge in [-0.05, 0) is 67.3 Å². The van der Waals surface area contributed by atoms with E-state index >= 15 is 0 Å². The van der Waals surface area contributed by atoms with E-state index in [0.717, 1.165) is 26.9 Å². The van der Waals surface area contributed by atoms with Gasteiger partial charge in [0.15, 0.2) is 17.3 Å². The van der Waals surface area contributed by atoms with Gasteiger partial charge >= 0.3 is 0 Å². The molecule has 0 radical (unpaired) electrons. The molecular formula is C31H30BrN3O4. The summed E-state index contributed by atoms with van der Waals surface area (Å²) in [6, 6.07) is 14.9. The number of rotatable bonds is 9. The third-order valence-electron chi connectivity index (χ3n) is 6.15. The number of nitrogens with zero attached hydrogens (tertiary/aromatic N) is 3. The van der Waals surface area contributed by atoms with E-state index in [1.165, 1.54) is 4.68 Å². The van der Waals surface area contributed by atoms with Crippen LogP contribution in [0.25, 0.3) is 22.3 Å². The molecule has 0 saturated heterocycles. The van der Waals surface area contributed by atoms with Crippen LogP contribution in [-0.2, 0) is 0 Å². The van der Waals surface area contributed by atoms with E-state index in [1.807, 2.05) is 50.2 Å². The van der Waals surface area contributed by atoms with Crippen molar-refractivity contribution in [3.05, 3.63) is 80.0 Å². The summed E-state index contributed by atoms with van der Waals surface area (Å²) in [6.07, 6.45) is 6.97. The summed E-state index contributed by atoms with van der Waals surface area (Å²) >= 11 is 3.50. The van der Waals surface area contributed by atoms with Gasteiger partial charge in [-0.2, -0.15) is 9.78 Å². The summed E-state index contributed by atoms with van der Waals surface area (Å²) in [4.78, 5) is 18.7. The standard InChI is InChI=1S/C31H30BrN3O4/c1-7-13-39-29-21(15-22(32)16-28(29)37-6)18-33-35-30(34-26-12-10-9-11-23(26)31(35)36)25-17-24(19(3)4)27(38-8-2)14-20(25)5/h1,9-12,14-19H,8,13H2,2-6H3. The maximum Gasteiger partial charge on any atom is 0.282 e. The molecule has 0 aliphatic carbocycles. The number of benzene rings is 3. The first kappa shape index (κ1) is 27.9. The number of para-hydroxylation sites is 1. The van der Waals surface area contributed by atoms with Crippen molar-refractivity contribution in [2.75, 3.05) is 20.3 Å². The second-order valence-electron chi connectivity index (χ2n) is 9.13. The molecule has 0 unspecified atom stereocenters. The van der Waals surface area contributed by atoms with Crippen LogP contribution in [0.15, 0.2) is 62.9 Å². The molecular weight excluding hydrogens is 558 g/mol. The molecule has 0 saturated carbocycles. The number of methoxy groups -OCH3 is 1. The van der Waals surface area contributed by atoms with E-state index in [4.69, 9.17) is 25.6 Å². The molecule has 0 aliphatic rings. The van der Waals surface area contributed by atoms with Gasteiger partial charge in [-0.15, -0.1) is 6.42 Å². The third kappa shape index (κ3) is 5.84. The number of aryl methyl sites for hydroxylation is 1. The van der Waals surface area contributed by atoms with Crippen molar-refractivity contribution >= 4 is 33.0 Å². The Labute approximate surface area is 236 Å². The Morgan fingerprint density at radius 2 is 1.92 bits per heavy atom. The minimum absolute atomic E-state index is 0.0465. The summed E-state index contributed by atoms with van der Waals surface area (Å²) in [5, 5.41) is 5.10. The molecule has 200 valence electrons. The van der Waals surface area contributed by atoms with E-state index in [9.17, 15) is 4.79 Å². The molecule has 3 aromatic carbocycles. The smallest absolute Gasteiger partial charge is 0.282 e. The fourth-order valence-corrected chi connectivity index (χ4v) is 4.76. The molecule has 4 rings (SSSR count). The highest BCUT2D eigenvalue weighted by molar-refractivity contribution is 9.10. The number of halogens is 1. The maximum absolute atomic E-state index is 13.8. The van der Waals surface area contributed by atoms with Crippen molar-refractivity contribution in [1.82, 2.24) is 9.66 Å². The predicted molar refractivity (Wildman–Crippen MR) is 159 cm³/mol. The Morgan fingerprint density at radius 3 is 2.62 bits per heavy atom. The summed E-state index contributed by atoms with van der Waals surface area (Å²) in [5.74, 6) is 4.81. The van der Waals surface area contributed by atoms with Gasteiger partial charge in [0.25, 0.3) is 5.56 Å². The lowest BCUT2D eigenvalue weighted by molar-refractivity contribution is 0.330. The van der Waals surface area contributed by atoms with E-state index in [1.54, 1.807) is 25.5 Å². The summed E-state index contributed by atoms with van der Waals surface area (Å²) in [7, 11) is 1.54. The van der Waals surface area contributed by atoms with Gasteiger partial charge in [0.1, 0.15) is 12.4 Å². The zero-order chi connectivity index (χ0) is 28.1. The SMILES string of the molecule is C#CCOc1c(C=Nn2c(-c3cc(C(C)C)c(OCC)cc3C)nc3ccccc3c2=O)cc(Br)cc1OC. The summed E-state index contributed by atoms with van der Waals surface area (Å²) in [5.41, 5.74) is 3.60. The van der Waals surface area contributed by atoms with Gasteiger partial charge in [-0.3, -0.25) is 4.79 Å². The van der Waals surface area contributed by atoms with E-state index in [2.05, 4.69) is 40.8 Å². The van der Waals surface area contributed by atoms with Crippen LogP contribution in [0.2, 0.25) is 0 Å². The maximum atomic E-state index is 13.8. The minimum atomic E-state index is -0.292. The lowest BCUT2D eigenvalue weighted by Crippen LogP contribution is -2.21. The lowest BCUT2D eigenvalue weighted by atomic mass is 9.96. The number of aromatic nitrogens is 2. The Hall–Kier alpha value is -4.09. The first-order chi connectivity index (χ1) is 18.8. The molecule has 0 amide bonds. The fourth-order valence-electron chi connectivity index (χ4n) is 4.30. The van der Waals surface area contributed by atoms with Crippen LogP contribution in [0, 0.1) is 19.3 Å². The number of ether oxygens (including phenoxy) is 3. The molecule has 4 aromatic rings. The molecule has 0 fully saturated rings. The van der Waals surface area contributed by atoms with Crippen molar-refractivity contribution < 1.29 is 14.2 Å². The largest absolute Gasteiger partial charge is 0.494 e. The van der Waals surface area contributed by atoms with Crippen LogP contribution in [0.1, 0.15) is 43.4 Å². The molecule has 8 heteroatoms. The second kappa shape index (κ2) is 12.2. The van der Waals surface area contributed by atoms with Crippen molar-refractivity contribution in [2.45, 2.75) is 33.6 Å². The lowest BCUT2D eigenvalue weighted by Gasteiger charge is -2.18. The quantitative estimate of drug-likeness (QED) is 0.164. The van der Waals surface area contributed by atoms with Crippen LogP contribution in [0.5, 0.6) is 17.2 Å². The number of hydrogen-bond acceptors (Lipinski definition) is 6. The molecule has 0 N–H and O–H groups in total. The fraction of sp³-hybridized carbons (Fsp3) is 0.258. The topological polar surface area (TPSA) is 74.9 Å². The van der Waals surface area contributed by atoms with Crippen LogP contribution in [-0.4, -0.2) is 36.2 Å². The number of terminal acetylenes is 1. The third-order valence-corrected chi connectivity index (χ3v) is 6.61. The second-order valence-corrected chi connectivity index (χ2v) is 10.0. The van der Waals surface area contributed by atoms with Gasteiger partial charge in [0.05, 0.1) is 30.8 Å². The highest BCUT2D eigenvalue weighted by Crippen LogP contribution is 2.36. The van der Waals surface area contributed by atoms with E-state index in [0.29, 0.717) is 40.4 Å². The molecule has 0 aliphatic heterocycles. The van der Waals surface area contributed by atoms with Crippen molar-refractivity contribution in [2.24, 2.45) is 5.10 Å². The zero-order valence-electron chi connectivity index (χ0n) is 22.6. The summed E-state index contributed by atoms with van der Waals surface area (Å²) in [6.45, 7) is 8.75. The first-order valence-corrected chi connectivity index (χ1v) is 13.4. The van der Waals surface area contributed by atoms with Crippen LogP contribution < -0.4 is 19.8 Å². The van der Waals surface area contributed by atoms with Crippen LogP contribution in [0.3, 0.4) is 0 Å². The van der Waals surface area contributed by atoms with Gasteiger partial charge < -0.3 is 14.2 Å². The molecule has 1 heterocycles. The predicted octanol–water partition coefficient (Wildman–Crippen LogP) is 6.56. The van der Waals surface area contributed by atoms with Gasteiger partial charge in [-0.1, -0.05) is 47.8 Å². The van der Waals surface area contributed by atoms with Crippen molar-refractivity contribution in [1.29, 1.82) is 0 Å². The Balaban J connectivity index is 1.98. The highest BCUT2D eigenvalue weighted by Gasteiger charge is 2.19. The Morgan fingerprint density at radius 1 is 1.15 bits per heavy atom. The summed E-state index contributed by atoms with van der Waals surface area (Å²) < 4.78 is 19.3. The Bertz CT molecular complexity index is 1650. The van der Waals surface area contributed by atoms with Crippen LogP contribution in [0.4, 0.5) is 0 Å². The average molecular weight is 589 g/mol. The highest BCUT2D eigenvalue weighted by atomic mass is 79.9. The normalized spacial score (nSPS) is 11.2. The van der Waals surface area contributed by atoms with Crippen LogP contribution >= 0.6 is 15.9 Å². The Kier molecular flexibility index (Phi) is 8.72. The zero-order valence-corrected chi connectivity index (χ0v) is 24.2. The molecule has 0 spiro atoms. The molecule has 1 aromatic heterocycles. The van der Waals surface area contributed by atoms with Gasteiger partial charge in [-0.25, -0.2) is 4.98 Å². The molecule has 0 atom stereocenters.